The van der Waals surface area contributed by atoms with Gasteiger partial charge in [-0.1, -0.05) is 12.1 Å². The Morgan fingerprint density at radius 1 is 1.35 bits per heavy atom. The molecule has 1 fully saturated rings. The molecule has 1 N–H and O–H groups in total. The van der Waals surface area contributed by atoms with Gasteiger partial charge in [0.05, 0.1) is 7.11 Å². The van der Waals surface area contributed by atoms with Gasteiger partial charge in [-0.05, 0) is 36.6 Å². The molecular weight excluding hydrogens is 258 g/mol. The van der Waals surface area contributed by atoms with Crippen LogP contribution in [0.15, 0.2) is 30.3 Å². The van der Waals surface area contributed by atoms with Crippen LogP contribution in [0.25, 0.3) is 6.08 Å². The van der Waals surface area contributed by atoms with E-state index in [-0.39, 0.29) is 18.5 Å². The fraction of sp³-hybridized carbons (Fsp3) is 0.333. The van der Waals surface area contributed by atoms with E-state index in [2.05, 4.69) is 0 Å². The van der Waals surface area contributed by atoms with E-state index in [4.69, 9.17) is 9.84 Å². The molecule has 1 aromatic carbocycles. The topological polar surface area (TPSA) is 66.8 Å². The van der Waals surface area contributed by atoms with E-state index in [1.807, 2.05) is 12.1 Å². The van der Waals surface area contributed by atoms with E-state index >= 15 is 0 Å². The van der Waals surface area contributed by atoms with Crippen LogP contribution in [0.4, 0.5) is 0 Å². The summed E-state index contributed by atoms with van der Waals surface area (Å²) in [6.07, 6.45) is 4.87. The third-order valence-corrected chi connectivity index (χ3v) is 3.11. The molecule has 1 aliphatic rings. The first kappa shape index (κ1) is 14.1. The van der Waals surface area contributed by atoms with Crippen molar-refractivity contribution in [3.05, 3.63) is 35.9 Å². The molecule has 0 unspecified atom stereocenters. The first-order valence-corrected chi connectivity index (χ1v) is 6.44. The summed E-state index contributed by atoms with van der Waals surface area (Å²) < 4.78 is 5.05. The molecule has 0 atom stereocenters. The second-order valence-corrected chi connectivity index (χ2v) is 4.70. The molecule has 0 aliphatic heterocycles. The van der Waals surface area contributed by atoms with Crippen molar-refractivity contribution in [2.75, 3.05) is 13.7 Å². The number of amides is 1. The summed E-state index contributed by atoms with van der Waals surface area (Å²) in [5.41, 5.74) is 0.866. The summed E-state index contributed by atoms with van der Waals surface area (Å²) in [7, 11) is 1.59. The lowest BCUT2D eigenvalue weighted by Gasteiger charge is -2.17. The molecule has 0 spiro atoms. The van der Waals surface area contributed by atoms with Crippen LogP contribution in [0.5, 0.6) is 5.75 Å². The van der Waals surface area contributed by atoms with Crippen molar-refractivity contribution in [1.82, 2.24) is 4.90 Å². The van der Waals surface area contributed by atoms with Gasteiger partial charge in [-0.3, -0.25) is 9.59 Å². The summed E-state index contributed by atoms with van der Waals surface area (Å²) in [6.45, 7) is -0.240. The average Bonchev–Trinajstić information content (AvgIpc) is 3.27. The maximum absolute atomic E-state index is 12.0. The molecule has 106 valence electrons. The van der Waals surface area contributed by atoms with Crippen molar-refractivity contribution in [1.29, 1.82) is 0 Å². The van der Waals surface area contributed by atoms with Crippen molar-refractivity contribution < 1.29 is 19.4 Å². The molecule has 20 heavy (non-hydrogen) atoms. The van der Waals surface area contributed by atoms with Crippen LogP contribution >= 0.6 is 0 Å². The number of carbonyl (C=O) groups excluding carboxylic acids is 1. The summed E-state index contributed by atoms with van der Waals surface area (Å²) >= 11 is 0. The van der Waals surface area contributed by atoms with Gasteiger partial charge in [0.25, 0.3) is 0 Å². The number of aliphatic carboxylic acids is 1. The number of methoxy groups -OCH3 is 1. The predicted molar refractivity (Wildman–Crippen MR) is 74.4 cm³/mol. The van der Waals surface area contributed by atoms with E-state index < -0.39 is 5.97 Å². The summed E-state index contributed by atoms with van der Waals surface area (Å²) in [6, 6.07) is 7.36. The van der Waals surface area contributed by atoms with Crippen LogP contribution in [0.2, 0.25) is 0 Å². The maximum Gasteiger partial charge on any atom is 0.323 e. The Balaban J connectivity index is 2.00. The first-order valence-electron chi connectivity index (χ1n) is 6.44. The monoisotopic (exact) mass is 275 g/mol. The molecule has 0 bridgehead atoms. The molecule has 0 radical (unpaired) electrons. The average molecular weight is 275 g/mol. The van der Waals surface area contributed by atoms with E-state index in [0.29, 0.717) is 0 Å². The normalized spacial score (nSPS) is 14.2. The number of nitrogens with zero attached hydrogens (tertiary/aromatic N) is 1. The van der Waals surface area contributed by atoms with Gasteiger partial charge in [-0.2, -0.15) is 0 Å². The number of rotatable bonds is 6. The summed E-state index contributed by atoms with van der Waals surface area (Å²) in [5, 5.41) is 8.82. The maximum atomic E-state index is 12.0. The molecule has 0 aromatic heterocycles. The van der Waals surface area contributed by atoms with Gasteiger partial charge in [0, 0.05) is 12.1 Å². The Bertz CT molecular complexity index is 517. The Morgan fingerprint density at radius 3 is 2.50 bits per heavy atom. The lowest BCUT2D eigenvalue weighted by atomic mass is 10.2. The van der Waals surface area contributed by atoms with Gasteiger partial charge in [0.15, 0.2) is 0 Å². The standard InChI is InChI=1S/C15H17NO4/c1-20-13-7-2-11(3-8-13)4-9-14(17)16(10-15(18)19)12-5-6-12/h2-4,7-9,12H,5-6,10H2,1H3,(H,18,19). The lowest BCUT2D eigenvalue weighted by molar-refractivity contribution is -0.143. The zero-order valence-corrected chi connectivity index (χ0v) is 11.3. The SMILES string of the molecule is COc1ccc(C=CC(=O)N(CC(=O)O)C2CC2)cc1. The van der Waals surface area contributed by atoms with Gasteiger partial charge in [0.1, 0.15) is 12.3 Å². The number of hydrogen-bond acceptors (Lipinski definition) is 3. The molecular formula is C15H17NO4. The first-order chi connectivity index (χ1) is 9.60. The Hall–Kier alpha value is -2.30. The Kier molecular flexibility index (Phi) is 4.40. The van der Waals surface area contributed by atoms with Crippen LogP contribution in [-0.2, 0) is 9.59 Å². The van der Waals surface area contributed by atoms with Crippen LogP contribution in [0.1, 0.15) is 18.4 Å². The minimum absolute atomic E-state index is 0.0825. The fourth-order valence-electron chi connectivity index (χ4n) is 1.90. The van der Waals surface area contributed by atoms with Gasteiger partial charge in [0.2, 0.25) is 5.91 Å². The predicted octanol–water partition coefficient (Wildman–Crippen LogP) is 1.78. The van der Waals surface area contributed by atoms with Crippen molar-refractivity contribution >= 4 is 18.0 Å². The van der Waals surface area contributed by atoms with Gasteiger partial charge >= 0.3 is 5.97 Å². The number of carboxylic acids is 1. The van der Waals surface area contributed by atoms with Crippen LogP contribution in [-0.4, -0.2) is 41.6 Å². The third kappa shape index (κ3) is 3.85. The highest BCUT2D eigenvalue weighted by Gasteiger charge is 2.32. The van der Waals surface area contributed by atoms with Crippen molar-refractivity contribution in [3.63, 3.8) is 0 Å². The number of hydrogen-bond donors (Lipinski definition) is 1. The molecule has 0 saturated heterocycles. The van der Waals surface area contributed by atoms with Gasteiger partial charge < -0.3 is 14.7 Å². The van der Waals surface area contributed by atoms with Crippen molar-refractivity contribution in [2.24, 2.45) is 0 Å². The summed E-state index contributed by atoms with van der Waals surface area (Å²) in [5.74, 6) is -0.493. The Labute approximate surface area is 117 Å². The zero-order valence-electron chi connectivity index (χ0n) is 11.3. The highest BCUT2D eigenvalue weighted by Crippen LogP contribution is 2.27. The third-order valence-electron chi connectivity index (χ3n) is 3.11. The molecule has 1 amide bonds. The number of ether oxygens (including phenoxy) is 1. The van der Waals surface area contributed by atoms with Gasteiger partial charge in [-0.25, -0.2) is 0 Å². The fourth-order valence-corrected chi connectivity index (χ4v) is 1.90. The largest absolute Gasteiger partial charge is 0.497 e. The van der Waals surface area contributed by atoms with E-state index in [1.54, 1.807) is 25.3 Å². The van der Waals surface area contributed by atoms with Crippen molar-refractivity contribution in [2.45, 2.75) is 18.9 Å². The Morgan fingerprint density at radius 2 is 2.00 bits per heavy atom. The van der Waals surface area contributed by atoms with Gasteiger partial charge in [-0.15, -0.1) is 0 Å². The molecule has 5 nitrogen and oxygen atoms in total. The molecule has 0 heterocycles. The van der Waals surface area contributed by atoms with E-state index in [0.717, 1.165) is 24.2 Å². The quantitative estimate of drug-likeness (QED) is 0.804. The second kappa shape index (κ2) is 6.23. The number of benzene rings is 1. The highest BCUT2D eigenvalue weighted by molar-refractivity contribution is 5.94. The molecule has 1 saturated carbocycles. The molecule has 1 aromatic rings. The number of carboxylic acid groups (broad SMARTS) is 1. The van der Waals surface area contributed by atoms with Crippen LogP contribution in [0.3, 0.4) is 0 Å². The molecule has 2 rings (SSSR count). The van der Waals surface area contributed by atoms with Crippen LogP contribution < -0.4 is 4.74 Å². The minimum atomic E-state index is -0.983. The summed E-state index contributed by atoms with van der Waals surface area (Å²) in [4.78, 5) is 24.2. The zero-order chi connectivity index (χ0) is 14.5. The second-order valence-electron chi connectivity index (χ2n) is 4.70. The van der Waals surface area contributed by atoms with Crippen molar-refractivity contribution in [3.8, 4) is 5.75 Å². The van der Waals surface area contributed by atoms with E-state index in [9.17, 15) is 9.59 Å². The van der Waals surface area contributed by atoms with E-state index in [1.165, 1.54) is 11.0 Å². The lowest BCUT2D eigenvalue weighted by Crippen LogP contribution is -2.36. The van der Waals surface area contributed by atoms with Crippen LogP contribution in [0, 0.1) is 0 Å². The molecule has 5 heteroatoms. The minimum Gasteiger partial charge on any atom is -0.497 e. The smallest absolute Gasteiger partial charge is 0.323 e. The highest BCUT2D eigenvalue weighted by atomic mass is 16.5. The number of carbonyl (C=O) groups is 2. The molecule has 1 aliphatic carbocycles.